The van der Waals surface area contributed by atoms with Crippen molar-refractivity contribution in [1.82, 2.24) is 15.2 Å². The fraction of sp³-hybridized carbons (Fsp3) is 0.226. The standard InChI is InChI=1S/C31H28F3N3O/c32-26-9-3-22(4-10-26)19-36-30(38)31(29-14-13-28(34)20-35-29)15-17-37(18-16-31)21-23-1-5-24(6-2-23)25-7-11-27(33)12-8-25/h1-14,20H,15-19,21H2,(H,36,38). The maximum absolute atomic E-state index is 13.6. The molecule has 38 heavy (non-hydrogen) atoms. The van der Waals surface area contributed by atoms with Gasteiger partial charge >= 0.3 is 0 Å². The number of likely N-dealkylation sites (tertiary alicyclic amines) is 1. The summed E-state index contributed by atoms with van der Waals surface area (Å²) in [7, 11) is 0. The first-order valence-corrected chi connectivity index (χ1v) is 12.6. The lowest BCUT2D eigenvalue weighted by Crippen LogP contribution is -2.51. The molecule has 1 N–H and O–H groups in total. The van der Waals surface area contributed by atoms with Crippen molar-refractivity contribution in [1.29, 1.82) is 0 Å². The molecule has 1 aliphatic heterocycles. The van der Waals surface area contributed by atoms with Gasteiger partial charge in [0.15, 0.2) is 0 Å². The molecular formula is C31H28F3N3O. The number of hydrogen-bond donors (Lipinski definition) is 1. The van der Waals surface area contributed by atoms with Crippen LogP contribution < -0.4 is 5.32 Å². The van der Waals surface area contributed by atoms with Crippen molar-refractivity contribution in [3.8, 4) is 11.1 Å². The Kier molecular flexibility index (Phi) is 7.56. The van der Waals surface area contributed by atoms with E-state index < -0.39 is 11.2 Å². The average molecular weight is 516 g/mol. The van der Waals surface area contributed by atoms with E-state index in [4.69, 9.17) is 0 Å². The maximum atomic E-state index is 13.6. The predicted molar refractivity (Wildman–Crippen MR) is 140 cm³/mol. The van der Waals surface area contributed by atoms with E-state index in [1.54, 1.807) is 30.3 Å². The first-order chi connectivity index (χ1) is 18.4. The zero-order valence-corrected chi connectivity index (χ0v) is 20.8. The summed E-state index contributed by atoms with van der Waals surface area (Å²) in [5.74, 6) is -1.20. The number of halogens is 3. The van der Waals surface area contributed by atoms with E-state index in [1.807, 2.05) is 12.1 Å². The van der Waals surface area contributed by atoms with E-state index in [0.717, 1.165) is 35.0 Å². The Morgan fingerprint density at radius 3 is 1.84 bits per heavy atom. The highest BCUT2D eigenvalue weighted by molar-refractivity contribution is 5.88. The highest BCUT2D eigenvalue weighted by Crippen LogP contribution is 2.35. The number of benzene rings is 3. The zero-order valence-electron chi connectivity index (χ0n) is 20.8. The van der Waals surface area contributed by atoms with Crippen LogP contribution in [-0.4, -0.2) is 28.9 Å². The number of pyridine rings is 1. The molecule has 194 valence electrons. The Balaban J connectivity index is 1.26. The van der Waals surface area contributed by atoms with Crippen LogP contribution in [0.25, 0.3) is 11.1 Å². The van der Waals surface area contributed by atoms with Gasteiger partial charge in [0.05, 0.1) is 17.3 Å². The normalized spacial score (nSPS) is 15.2. The summed E-state index contributed by atoms with van der Waals surface area (Å²) in [4.78, 5) is 20.1. The molecule has 1 saturated heterocycles. The van der Waals surface area contributed by atoms with Gasteiger partial charge in [0.2, 0.25) is 5.91 Å². The van der Waals surface area contributed by atoms with Crippen LogP contribution in [0.4, 0.5) is 13.2 Å². The highest BCUT2D eigenvalue weighted by atomic mass is 19.1. The molecule has 0 bridgehead atoms. The molecule has 1 fully saturated rings. The summed E-state index contributed by atoms with van der Waals surface area (Å²) in [6.07, 6.45) is 2.22. The van der Waals surface area contributed by atoms with Crippen molar-refractivity contribution in [3.05, 3.63) is 125 Å². The summed E-state index contributed by atoms with van der Waals surface area (Å²) < 4.78 is 40.1. The van der Waals surface area contributed by atoms with Gasteiger partial charge in [-0.1, -0.05) is 48.5 Å². The molecular weight excluding hydrogens is 487 g/mol. The van der Waals surface area contributed by atoms with Gasteiger partial charge in [-0.15, -0.1) is 0 Å². The van der Waals surface area contributed by atoms with Gasteiger partial charge in [-0.2, -0.15) is 0 Å². The van der Waals surface area contributed by atoms with Gasteiger partial charge in [-0.25, -0.2) is 13.2 Å². The van der Waals surface area contributed by atoms with E-state index in [2.05, 4.69) is 27.3 Å². The molecule has 0 aliphatic carbocycles. The van der Waals surface area contributed by atoms with Crippen molar-refractivity contribution in [3.63, 3.8) is 0 Å². The van der Waals surface area contributed by atoms with Gasteiger partial charge in [0.1, 0.15) is 17.5 Å². The third-order valence-corrected chi connectivity index (χ3v) is 7.27. The summed E-state index contributed by atoms with van der Waals surface area (Å²) in [6.45, 7) is 2.34. The second-order valence-electron chi connectivity index (χ2n) is 9.73. The first kappa shape index (κ1) is 25.7. The summed E-state index contributed by atoms with van der Waals surface area (Å²) in [5, 5.41) is 2.99. The average Bonchev–Trinajstić information content (AvgIpc) is 2.94. The molecule has 7 heteroatoms. The largest absolute Gasteiger partial charge is 0.351 e. The van der Waals surface area contributed by atoms with Gasteiger partial charge in [-0.05, 0) is 84.6 Å². The smallest absolute Gasteiger partial charge is 0.232 e. The molecule has 0 atom stereocenters. The Morgan fingerprint density at radius 2 is 1.26 bits per heavy atom. The number of nitrogens with one attached hydrogen (secondary N) is 1. The molecule has 0 saturated carbocycles. The molecule has 2 heterocycles. The predicted octanol–water partition coefficient (Wildman–Crippen LogP) is 6.02. The second kappa shape index (κ2) is 11.2. The molecule has 4 aromatic rings. The Labute approximate surface area is 220 Å². The maximum Gasteiger partial charge on any atom is 0.232 e. The topological polar surface area (TPSA) is 45.2 Å². The number of amides is 1. The third kappa shape index (κ3) is 5.78. The molecule has 0 unspecified atom stereocenters. The first-order valence-electron chi connectivity index (χ1n) is 12.6. The summed E-state index contributed by atoms with van der Waals surface area (Å²) >= 11 is 0. The van der Waals surface area contributed by atoms with Crippen molar-refractivity contribution >= 4 is 5.91 Å². The molecule has 0 radical (unpaired) electrons. The monoisotopic (exact) mass is 515 g/mol. The van der Waals surface area contributed by atoms with Crippen molar-refractivity contribution < 1.29 is 18.0 Å². The lowest BCUT2D eigenvalue weighted by molar-refractivity contribution is -0.129. The van der Waals surface area contributed by atoms with Crippen molar-refractivity contribution in [2.24, 2.45) is 0 Å². The van der Waals surface area contributed by atoms with Crippen LogP contribution in [0.3, 0.4) is 0 Å². The summed E-state index contributed by atoms with van der Waals surface area (Å²) in [5.41, 5.74) is 3.59. The quantitative estimate of drug-likeness (QED) is 0.328. The van der Waals surface area contributed by atoms with Crippen LogP contribution in [0.1, 0.15) is 29.7 Å². The minimum Gasteiger partial charge on any atom is -0.351 e. The Morgan fingerprint density at radius 1 is 0.737 bits per heavy atom. The molecule has 3 aromatic carbocycles. The van der Waals surface area contributed by atoms with E-state index in [-0.39, 0.29) is 24.1 Å². The van der Waals surface area contributed by atoms with Crippen LogP contribution >= 0.6 is 0 Å². The summed E-state index contributed by atoms with van der Waals surface area (Å²) in [6, 6.07) is 23.6. The van der Waals surface area contributed by atoms with Gasteiger partial charge in [0, 0.05) is 13.1 Å². The molecule has 1 amide bonds. The van der Waals surface area contributed by atoms with Crippen LogP contribution in [0.15, 0.2) is 91.1 Å². The Hall–Kier alpha value is -3.97. The third-order valence-electron chi connectivity index (χ3n) is 7.27. The Bertz CT molecular complexity index is 1360. The number of hydrogen-bond acceptors (Lipinski definition) is 3. The van der Waals surface area contributed by atoms with Crippen LogP contribution in [0.5, 0.6) is 0 Å². The number of carbonyl (C=O) groups excluding carboxylic acids is 1. The minimum atomic E-state index is -0.878. The van der Waals surface area contributed by atoms with Gasteiger partial charge < -0.3 is 5.32 Å². The minimum absolute atomic E-state index is 0.163. The lowest BCUT2D eigenvalue weighted by atomic mass is 9.74. The second-order valence-corrected chi connectivity index (χ2v) is 9.73. The molecule has 4 nitrogen and oxygen atoms in total. The van der Waals surface area contributed by atoms with Gasteiger partial charge in [0.25, 0.3) is 0 Å². The van der Waals surface area contributed by atoms with E-state index >= 15 is 0 Å². The van der Waals surface area contributed by atoms with Crippen LogP contribution in [0.2, 0.25) is 0 Å². The number of rotatable bonds is 7. The fourth-order valence-electron chi connectivity index (χ4n) is 5.01. The molecule has 1 aliphatic rings. The number of nitrogens with zero attached hydrogens (tertiary/aromatic N) is 2. The zero-order chi connectivity index (χ0) is 26.5. The van der Waals surface area contributed by atoms with E-state index in [9.17, 15) is 18.0 Å². The number of piperidine rings is 1. The lowest BCUT2D eigenvalue weighted by Gasteiger charge is -2.40. The number of carbonyl (C=O) groups is 1. The van der Waals surface area contributed by atoms with Crippen molar-refractivity contribution in [2.75, 3.05) is 13.1 Å². The van der Waals surface area contributed by atoms with E-state index in [1.165, 1.54) is 30.3 Å². The van der Waals surface area contributed by atoms with E-state index in [0.29, 0.717) is 31.6 Å². The van der Waals surface area contributed by atoms with Crippen molar-refractivity contribution in [2.45, 2.75) is 31.3 Å². The SMILES string of the molecule is O=C(NCc1ccc(F)cc1)C1(c2ccc(F)cn2)CCN(Cc2ccc(-c3ccc(F)cc3)cc2)CC1. The molecule has 1 aromatic heterocycles. The number of aromatic nitrogens is 1. The fourth-order valence-corrected chi connectivity index (χ4v) is 5.01. The molecule has 5 rings (SSSR count). The van der Waals surface area contributed by atoms with Crippen LogP contribution in [-0.2, 0) is 23.3 Å². The molecule has 0 spiro atoms. The highest BCUT2D eigenvalue weighted by Gasteiger charge is 2.44. The van der Waals surface area contributed by atoms with Crippen LogP contribution in [0, 0.1) is 17.5 Å². The van der Waals surface area contributed by atoms with Gasteiger partial charge in [-0.3, -0.25) is 14.7 Å².